The molecule has 1 fully saturated rings. The van der Waals surface area contributed by atoms with Gasteiger partial charge in [-0.05, 0) is 66.6 Å². The first-order chi connectivity index (χ1) is 17.3. The number of fused-ring (bicyclic) bond motifs is 2. The van der Waals surface area contributed by atoms with Gasteiger partial charge in [-0.3, -0.25) is 14.5 Å². The zero-order chi connectivity index (χ0) is 25.1. The molecule has 6 nitrogen and oxygen atoms in total. The minimum Gasteiger partial charge on any atom is -0.507 e. The minimum atomic E-state index is -1.06. The number of aromatic nitrogens is 1. The van der Waals surface area contributed by atoms with E-state index in [0.29, 0.717) is 33.5 Å². The Bertz CT molecular complexity index is 1600. The number of ether oxygens (including phenoxy) is 1. The van der Waals surface area contributed by atoms with Gasteiger partial charge < -0.3 is 9.84 Å². The maximum absolute atomic E-state index is 13.8. The molecule has 0 radical (unpaired) electrons. The molecule has 9 heteroatoms. The average Bonchev–Trinajstić information content (AvgIpc) is 3.51. The van der Waals surface area contributed by atoms with Crippen molar-refractivity contribution in [3.05, 3.63) is 94.6 Å². The molecule has 2 aliphatic rings. The normalized spacial score (nSPS) is 20.7. The van der Waals surface area contributed by atoms with Crippen molar-refractivity contribution in [3.63, 3.8) is 0 Å². The first-order valence-corrected chi connectivity index (χ1v) is 12.0. The maximum atomic E-state index is 13.8. The lowest BCUT2D eigenvalue weighted by Gasteiger charge is -2.23. The Morgan fingerprint density at radius 1 is 1.06 bits per heavy atom. The Balaban J connectivity index is 1.53. The van der Waals surface area contributed by atoms with Gasteiger partial charge in [0, 0.05) is 12.0 Å². The molecule has 2 aliphatic heterocycles. The number of hydrogen-bond acceptors (Lipinski definition) is 6. The predicted molar refractivity (Wildman–Crippen MR) is 131 cm³/mol. The summed E-state index contributed by atoms with van der Waals surface area (Å²) in [5.74, 6) is -2.36. The van der Waals surface area contributed by atoms with Gasteiger partial charge in [0.1, 0.15) is 29.2 Å². The molecular formula is C27H18F2N2O4S. The van der Waals surface area contributed by atoms with Crippen molar-refractivity contribution >= 4 is 44.1 Å². The Labute approximate surface area is 208 Å². The molecule has 1 aromatic heterocycles. The molecule has 4 aromatic rings. The van der Waals surface area contributed by atoms with E-state index in [1.807, 2.05) is 6.92 Å². The van der Waals surface area contributed by atoms with Crippen molar-refractivity contribution in [1.29, 1.82) is 0 Å². The topological polar surface area (TPSA) is 79.7 Å². The van der Waals surface area contributed by atoms with Crippen LogP contribution >= 0.6 is 11.3 Å². The third-order valence-corrected chi connectivity index (χ3v) is 7.36. The van der Waals surface area contributed by atoms with Gasteiger partial charge in [-0.2, -0.15) is 0 Å². The van der Waals surface area contributed by atoms with Crippen LogP contribution in [0.2, 0.25) is 0 Å². The number of rotatable bonds is 3. The predicted octanol–water partition coefficient (Wildman–Crippen LogP) is 5.52. The quantitative estimate of drug-likeness (QED) is 0.226. The number of anilines is 1. The lowest BCUT2D eigenvalue weighted by molar-refractivity contribution is -0.132. The maximum Gasteiger partial charge on any atom is 0.301 e. The number of ketones is 1. The monoisotopic (exact) mass is 504 g/mol. The van der Waals surface area contributed by atoms with Crippen molar-refractivity contribution in [2.45, 2.75) is 25.5 Å². The molecule has 3 heterocycles. The van der Waals surface area contributed by atoms with Crippen LogP contribution in [0, 0.1) is 11.6 Å². The summed E-state index contributed by atoms with van der Waals surface area (Å²) in [6.45, 7) is 1.93. The highest BCUT2D eigenvalue weighted by atomic mass is 32.1. The number of carbonyl (C=O) groups is 2. The van der Waals surface area contributed by atoms with Crippen LogP contribution in [0.25, 0.3) is 16.0 Å². The summed E-state index contributed by atoms with van der Waals surface area (Å²) in [7, 11) is 0. The minimum absolute atomic E-state index is 0.00827. The van der Waals surface area contributed by atoms with Gasteiger partial charge in [-0.25, -0.2) is 13.8 Å². The van der Waals surface area contributed by atoms with Crippen LogP contribution < -0.4 is 9.64 Å². The fourth-order valence-corrected chi connectivity index (χ4v) is 5.72. The van der Waals surface area contributed by atoms with E-state index in [0.717, 1.165) is 16.9 Å². The van der Waals surface area contributed by atoms with E-state index >= 15 is 0 Å². The van der Waals surface area contributed by atoms with E-state index in [4.69, 9.17) is 4.74 Å². The molecule has 3 aromatic carbocycles. The van der Waals surface area contributed by atoms with Crippen LogP contribution in [-0.4, -0.2) is 27.9 Å². The van der Waals surface area contributed by atoms with Gasteiger partial charge in [0.05, 0.1) is 21.8 Å². The van der Waals surface area contributed by atoms with Gasteiger partial charge in [0.2, 0.25) is 0 Å². The zero-order valence-electron chi connectivity index (χ0n) is 18.9. The number of nitrogens with zero attached hydrogens (tertiary/aromatic N) is 2. The van der Waals surface area contributed by atoms with Crippen molar-refractivity contribution in [2.24, 2.45) is 0 Å². The summed E-state index contributed by atoms with van der Waals surface area (Å²) in [5.41, 5.74) is 1.99. The highest BCUT2D eigenvalue weighted by Gasteiger charge is 2.48. The largest absolute Gasteiger partial charge is 0.507 e. The lowest BCUT2D eigenvalue weighted by atomic mass is 9.94. The van der Waals surface area contributed by atoms with Crippen LogP contribution in [-0.2, 0) is 16.0 Å². The number of benzene rings is 3. The third kappa shape index (κ3) is 3.54. The van der Waals surface area contributed by atoms with Gasteiger partial charge in [0.15, 0.2) is 5.13 Å². The number of thiazole rings is 1. The fraction of sp³-hybridized carbons (Fsp3) is 0.148. The highest BCUT2D eigenvalue weighted by Crippen LogP contribution is 2.45. The summed E-state index contributed by atoms with van der Waals surface area (Å²) in [6.07, 6.45) is 0.639. The lowest BCUT2D eigenvalue weighted by Crippen LogP contribution is -2.29. The summed E-state index contributed by atoms with van der Waals surface area (Å²) in [4.78, 5) is 32.3. The molecule has 1 saturated heterocycles. The van der Waals surface area contributed by atoms with E-state index in [9.17, 15) is 23.5 Å². The average molecular weight is 505 g/mol. The second kappa shape index (κ2) is 8.23. The molecule has 2 atom stereocenters. The summed E-state index contributed by atoms with van der Waals surface area (Å²) in [5, 5.41) is 11.5. The molecule has 36 heavy (non-hydrogen) atoms. The number of halogens is 2. The summed E-state index contributed by atoms with van der Waals surface area (Å²) < 4.78 is 33.7. The molecule has 180 valence electrons. The first kappa shape index (κ1) is 22.4. The van der Waals surface area contributed by atoms with E-state index in [1.165, 1.54) is 47.4 Å². The standard InChI is InChI=1S/C27H18F2N2O4S/c1-13-10-16-11-15(4-9-20(16)35-13)24(32)22-23(14-2-5-17(28)6-3-14)31(26(34)25(22)33)27-30-19-8-7-18(29)12-21(19)36-27/h2-9,11-13,23,32H,10H2,1H3/b24-22+/t13-,23+/m0/s1. The molecule has 0 aliphatic carbocycles. The van der Waals surface area contributed by atoms with Crippen molar-refractivity contribution in [2.75, 3.05) is 4.90 Å². The second-order valence-corrected chi connectivity index (χ2v) is 9.79. The van der Waals surface area contributed by atoms with Crippen molar-refractivity contribution < 1.29 is 28.2 Å². The third-order valence-electron chi connectivity index (χ3n) is 6.34. The van der Waals surface area contributed by atoms with Crippen LogP contribution in [0.3, 0.4) is 0 Å². The van der Waals surface area contributed by atoms with Gasteiger partial charge in [-0.15, -0.1) is 0 Å². The Morgan fingerprint density at radius 2 is 1.81 bits per heavy atom. The van der Waals surface area contributed by atoms with Crippen LogP contribution in [0.15, 0.2) is 66.2 Å². The highest BCUT2D eigenvalue weighted by molar-refractivity contribution is 7.22. The van der Waals surface area contributed by atoms with Crippen molar-refractivity contribution in [3.8, 4) is 5.75 Å². The smallest absolute Gasteiger partial charge is 0.301 e. The van der Waals surface area contributed by atoms with Crippen LogP contribution in [0.4, 0.5) is 13.9 Å². The molecular weight excluding hydrogens is 486 g/mol. The van der Waals surface area contributed by atoms with Crippen LogP contribution in [0.5, 0.6) is 5.75 Å². The molecule has 0 unspecified atom stereocenters. The van der Waals surface area contributed by atoms with E-state index in [1.54, 1.807) is 18.2 Å². The molecule has 6 rings (SSSR count). The SMILES string of the molecule is C[C@H]1Cc2cc(/C(O)=C3\C(=O)C(=O)N(c4nc5ccc(F)cc5s4)[C@@H]3c3ccc(F)cc3)ccc2O1. The van der Waals surface area contributed by atoms with Gasteiger partial charge >= 0.3 is 5.91 Å². The zero-order valence-corrected chi connectivity index (χ0v) is 19.7. The Morgan fingerprint density at radius 3 is 2.58 bits per heavy atom. The van der Waals surface area contributed by atoms with Gasteiger partial charge in [0.25, 0.3) is 5.78 Å². The number of carbonyl (C=O) groups excluding carboxylic acids is 2. The number of aliphatic hydroxyl groups is 1. The molecule has 1 amide bonds. The number of hydrogen-bond donors (Lipinski definition) is 1. The molecule has 0 saturated carbocycles. The fourth-order valence-electron chi connectivity index (χ4n) is 4.70. The van der Waals surface area contributed by atoms with Gasteiger partial charge in [-0.1, -0.05) is 23.5 Å². The number of aliphatic hydroxyl groups excluding tert-OH is 1. The van der Waals surface area contributed by atoms with Crippen molar-refractivity contribution in [1.82, 2.24) is 4.98 Å². The summed E-state index contributed by atoms with van der Waals surface area (Å²) in [6, 6.07) is 13.4. The number of amides is 1. The van der Waals surface area contributed by atoms with E-state index in [-0.39, 0.29) is 22.6 Å². The molecule has 0 bridgehead atoms. The van der Waals surface area contributed by atoms with E-state index in [2.05, 4.69) is 4.98 Å². The Hall–Kier alpha value is -4.11. The second-order valence-electron chi connectivity index (χ2n) is 8.78. The first-order valence-electron chi connectivity index (χ1n) is 11.2. The summed E-state index contributed by atoms with van der Waals surface area (Å²) >= 11 is 1.05. The van der Waals surface area contributed by atoms with Crippen LogP contribution in [0.1, 0.15) is 29.7 Å². The molecule has 1 N–H and O–H groups in total. The Kier molecular flexibility index (Phi) is 5.11. The van der Waals surface area contributed by atoms with E-state index < -0.39 is 29.4 Å². The number of Topliss-reactive ketones (excluding diaryl/α,β-unsaturated/α-hetero) is 1. The molecule has 0 spiro atoms.